The Bertz CT molecular complexity index is 1060. The van der Waals surface area contributed by atoms with Gasteiger partial charge >= 0.3 is 11.8 Å². The van der Waals surface area contributed by atoms with E-state index in [4.69, 9.17) is 11.6 Å². The number of halogens is 2. The van der Waals surface area contributed by atoms with Crippen LogP contribution in [0.25, 0.3) is 10.9 Å². The van der Waals surface area contributed by atoms with Gasteiger partial charge in [0.05, 0.1) is 5.52 Å². The molecule has 2 heterocycles. The first-order chi connectivity index (χ1) is 14.0. The summed E-state index contributed by atoms with van der Waals surface area (Å²) < 4.78 is 13.7. The Hall–Kier alpha value is -2.99. The van der Waals surface area contributed by atoms with Crippen LogP contribution in [-0.4, -0.2) is 34.8 Å². The Balaban J connectivity index is 1.41. The van der Waals surface area contributed by atoms with Crippen LogP contribution in [0.3, 0.4) is 0 Å². The van der Waals surface area contributed by atoms with Gasteiger partial charge in [-0.1, -0.05) is 11.6 Å². The number of hydrogen-bond donors (Lipinski definition) is 1. The summed E-state index contributed by atoms with van der Waals surface area (Å²) in [6, 6.07) is 13.1. The van der Waals surface area contributed by atoms with Gasteiger partial charge in [-0.15, -0.1) is 0 Å². The van der Waals surface area contributed by atoms with Crippen molar-refractivity contribution in [1.29, 1.82) is 0 Å². The van der Waals surface area contributed by atoms with Gasteiger partial charge in [-0.25, -0.2) is 4.39 Å². The fraction of sp³-hybridized carbons (Fsp3) is 0.227. The van der Waals surface area contributed by atoms with E-state index in [0.29, 0.717) is 36.6 Å². The quantitative estimate of drug-likeness (QED) is 0.637. The van der Waals surface area contributed by atoms with Crippen LogP contribution in [0.1, 0.15) is 24.3 Å². The fourth-order valence-electron chi connectivity index (χ4n) is 3.75. The van der Waals surface area contributed by atoms with Gasteiger partial charge < -0.3 is 10.2 Å². The Morgan fingerprint density at radius 3 is 2.52 bits per heavy atom. The van der Waals surface area contributed by atoms with E-state index in [9.17, 15) is 14.0 Å². The molecule has 2 amide bonds. The molecule has 0 atom stereocenters. The molecule has 3 aromatic rings. The number of rotatable bonds is 2. The summed E-state index contributed by atoms with van der Waals surface area (Å²) in [6.45, 7) is 0.938. The number of nitrogens with one attached hydrogen (secondary N) is 1. The summed E-state index contributed by atoms with van der Waals surface area (Å²) in [5, 5.41) is 3.96. The Kier molecular flexibility index (Phi) is 5.45. The minimum absolute atomic E-state index is 0.186. The Labute approximate surface area is 172 Å². The molecule has 29 heavy (non-hydrogen) atoms. The van der Waals surface area contributed by atoms with Crippen LogP contribution in [0.4, 0.5) is 10.1 Å². The van der Waals surface area contributed by atoms with E-state index in [0.717, 1.165) is 16.5 Å². The molecule has 5 nitrogen and oxygen atoms in total. The Morgan fingerprint density at radius 2 is 1.79 bits per heavy atom. The van der Waals surface area contributed by atoms with Crippen molar-refractivity contribution in [3.05, 3.63) is 71.1 Å². The number of nitrogens with zero attached hydrogens (tertiary/aromatic N) is 2. The van der Waals surface area contributed by atoms with Crippen LogP contribution in [0.2, 0.25) is 5.02 Å². The van der Waals surface area contributed by atoms with Crippen molar-refractivity contribution < 1.29 is 14.0 Å². The molecular weight excluding hydrogens is 393 g/mol. The number of piperidine rings is 1. The van der Waals surface area contributed by atoms with Gasteiger partial charge in [0.15, 0.2) is 0 Å². The zero-order valence-corrected chi connectivity index (χ0v) is 16.3. The minimum Gasteiger partial charge on any atom is -0.334 e. The van der Waals surface area contributed by atoms with E-state index in [1.54, 1.807) is 41.4 Å². The SMILES string of the molecule is O=C(Nc1ccc(Cl)cc1)C(=O)N1CCC(c2ccnc3ccc(F)cc23)CC1. The highest BCUT2D eigenvalue weighted by molar-refractivity contribution is 6.39. The topological polar surface area (TPSA) is 62.3 Å². The number of aromatic nitrogens is 1. The van der Waals surface area contributed by atoms with Crippen molar-refractivity contribution in [2.45, 2.75) is 18.8 Å². The molecular formula is C22H19ClFN3O2. The highest BCUT2D eigenvalue weighted by Gasteiger charge is 2.28. The lowest BCUT2D eigenvalue weighted by Crippen LogP contribution is -2.43. The van der Waals surface area contributed by atoms with E-state index < -0.39 is 11.8 Å². The van der Waals surface area contributed by atoms with Gasteiger partial charge in [0.2, 0.25) is 0 Å². The Morgan fingerprint density at radius 1 is 1.07 bits per heavy atom. The average Bonchev–Trinajstić information content (AvgIpc) is 2.74. The molecule has 1 N–H and O–H groups in total. The molecule has 0 radical (unpaired) electrons. The first-order valence-electron chi connectivity index (χ1n) is 9.41. The molecule has 1 fully saturated rings. The van der Waals surface area contributed by atoms with Crippen molar-refractivity contribution in [1.82, 2.24) is 9.88 Å². The average molecular weight is 412 g/mol. The van der Waals surface area contributed by atoms with E-state index in [1.165, 1.54) is 12.1 Å². The zero-order chi connectivity index (χ0) is 20.4. The summed E-state index contributed by atoms with van der Waals surface area (Å²) in [6.07, 6.45) is 3.14. The molecule has 1 aliphatic rings. The summed E-state index contributed by atoms with van der Waals surface area (Å²) in [5.41, 5.74) is 2.31. The van der Waals surface area contributed by atoms with Crippen molar-refractivity contribution in [2.75, 3.05) is 18.4 Å². The molecule has 1 aromatic heterocycles. The number of amides is 2. The van der Waals surface area contributed by atoms with Crippen molar-refractivity contribution in [3.8, 4) is 0 Å². The molecule has 0 saturated carbocycles. The molecule has 0 spiro atoms. The van der Waals surface area contributed by atoms with Gasteiger partial charge in [-0.05, 0) is 72.9 Å². The molecule has 1 saturated heterocycles. The first kappa shape index (κ1) is 19.3. The van der Waals surface area contributed by atoms with Crippen LogP contribution < -0.4 is 5.32 Å². The van der Waals surface area contributed by atoms with Gasteiger partial charge in [-0.3, -0.25) is 14.6 Å². The lowest BCUT2D eigenvalue weighted by molar-refractivity contribution is -0.143. The normalized spacial score (nSPS) is 14.8. The van der Waals surface area contributed by atoms with Gasteiger partial charge in [0.25, 0.3) is 0 Å². The second-order valence-electron chi connectivity index (χ2n) is 7.09. The molecule has 1 aliphatic heterocycles. The minimum atomic E-state index is -0.665. The third-order valence-electron chi connectivity index (χ3n) is 5.26. The maximum Gasteiger partial charge on any atom is 0.313 e. The monoisotopic (exact) mass is 411 g/mol. The molecule has 0 unspecified atom stereocenters. The second kappa shape index (κ2) is 8.17. The van der Waals surface area contributed by atoms with Crippen LogP contribution in [-0.2, 0) is 9.59 Å². The smallest absolute Gasteiger partial charge is 0.313 e. The van der Waals surface area contributed by atoms with E-state index in [2.05, 4.69) is 10.3 Å². The molecule has 148 valence electrons. The van der Waals surface area contributed by atoms with Crippen molar-refractivity contribution >= 4 is 40.0 Å². The van der Waals surface area contributed by atoms with Gasteiger partial charge in [-0.2, -0.15) is 0 Å². The third-order valence-corrected chi connectivity index (χ3v) is 5.51. The molecule has 4 rings (SSSR count). The lowest BCUT2D eigenvalue weighted by Gasteiger charge is -2.32. The number of pyridine rings is 1. The van der Waals surface area contributed by atoms with E-state index in [-0.39, 0.29) is 11.7 Å². The van der Waals surface area contributed by atoms with E-state index in [1.807, 2.05) is 6.07 Å². The second-order valence-corrected chi connectivity index (χ2v) is 7.53. The number of benzene rings is 2. The van der Waals surface area contributed by atoms with Crippen LogP contribution >= 0.6 is 11.6 Å². The molecule has 2 aromatic carbocycles. The van der Waals surface area contributed by atoms with Gasteiger partial charge in [0.1, 0.15) is 5.82 Å². The van der Waals surface area contributed by atoms with Gasteiger partial charge in [0, 0.05) is 35.4 Å². The number of carbonyl (C=O) groups excluding carboxylic acids is 2. The maximum absolute atomic E-state index is 13.7. The number of likely N-dealkylation sites (tertiary alicyclic amines) is 1. The summed E-state index contributed by atoms with van der Waals surface area (Å²) >= 11 is 5.83. The summed E-state index contributed by atoms with van der Waals surface area (Å²) in [4.78, 5) is 30.6. The van der Waals surface area contributed by atoms with Crippen molar-refractivity contribution in [3.63, 3.8) is 0 Å². The third kappa shape index (κ3) is 4.22. The fourth-order valence-corrected chi connectivity index (χ4v) is 3.88. The molecule has 7 heteroatoms. The molecule has 0 aliphatic carbocycles. The number of carbonyl (C=O) groups is 2. The lowest BCUT2D eigenvalue weighted by atomic mass is 9.87. The zero-order valence-electron chi connectivity index (χ0n) is 15.6. The maximum atomic E-state index is 13.7. The summed E-state index contributed by atoms with van der Waals surface area (Å²) in [5.74, 6) is -1.32. The predicted molar refractivity (Wildman–Crippen MR) is 110 cm³/mol. The van der Waals surface area contributed by atoms with Crippen LogP contribution in [0.5, 0.6) is 0 Å². The highest BCUT2D eigenvalue weighted by Crippen LogP contribution is 2.32. The number of anilines is 1. The number of fused-ring (bicyclic) bond motifs is 1. The van der Waals surface area contributed by atoms with E-state index >= 15 is 0 Å². The van der Waals surface area contributed by atoms with Crippen LogP contribution in [0.15, 0.2) is 54.7 Å². The van der Waals surface area contributed by atoms with Crippen molar-refractivity contribution in [2.24, 2.45) is 0 Å². The largest absolute Gasteiger partial charge is 0.334 e. The highest BCUT2D eigenvalue weighted by atomic mass is 35.5. The summed E-state index contributed by atoms with van der Waals surface area (Å²) in [7, 11) is 0. The molecule has 0 bridgehead atoms. The first-order valence-corrected chi connectivity index (χ1v) is 9.79. The standard InChI is InChI=1S/C22H19ClFN3O2/c23-15-1-4-17(5-2-15)26-21(28)22(29)27-11-8-14(9-12-27)18-7-10-25-20-6-3-16(24)13-19(18)20/h1-7,10,13-14H,8-9,11-12H2,(H,26,28). The number of hydrogen-bond acceptors (Lipinski definition) is 3. The predicted octanol–water partition coefficient (Wildman–Crippen LogP) is 4.37. The van der Waals surface area contributed by atoms with Crippen LogP contribution in [0, 0.1) is 5.82 Å².